The summed E-state index contributed by atoms with van der Waals surface area (Å²) in [6.07, 6.45) is -5.66. The fourth-order valence-corrected chi connectivity index (χ4v) is 3.86. The number of anilines is 1. The lowest BCUT2D eigenvalue weighted by Crippen LogP contribution is -2.47. The Morgan fingerprint density at radius 1 is 1.24 bits per heavy atom. The number of aromatic nitrogens is 1. The molecule has 2 amide bonds. The predicted octanol–water partition coefficient (Wildman–Crippen LogP) is 4.00. The van der Waals surface area contributed by atoms with Crippen molar-refractivity contribution < 1.29 is 45.4 Å². The van der Waals surface area contributed by atoms with E-state index < -0.39 is 59.7 Å². The number of nitrogens with one attached hydrogen (secondary N) is 1. The first-order valence-electron chi connectivity index (χ1n) is 9.80. The highest BCUT2D eigenvalue weighted by atomic mass is 19.4. The van der Waals surface area contributed by atoms with Gasteiger partial charge < -0.3 is 20.5 Å². The van der Waals surface area contributed by atoms with E-state index in [1.165, 1.54) is 6.07 Å². The third kappa shape index (κ3) is 4.79. The van der Waals surface area contributed by atoms with Crippen molar-refractivity contribution in [3.63, 3.8) is 0 Å². The van der Waals surface area contributed by atoms with Crippen molar-refractivity contribution in [1.82, 2.24) is 4.98 Å². The van der Waals surface area contributed by atoms with E-state index in [1.807, 2.05) is 0 Å². The molecule has 1 aliphatic rings. The highest BCUT2D eigenvalue weighted by Crippen LogP contribution is 2.54. The molecule has 0 saturated carbocycles. The van der Waals surface area contributed by atoms with Gasteiger partial charge in [0.15, 0.2) is 5.60 Å². The first-order valence-corrected chi connectivity index (χ1v) is 9.80. The van der Waals surface area contributed by atoms with Crippen molar-refractivity contribution >= 4 is 17.5 Å². The van der Waals surface area contributed by atoms with Crippen LogP contribution in [0.2, 0.25) is 0 Å². The number of ether oxygens (including phenoxy) is 2. The molecule has 3 N–H and O–H groups in total. The van der Waals surface area contributed by atoms with Crippen LogP contribution in [-0.4, -0.2) is 41.3 Å². The minimum atomic E-state index is -4.95. The Morgan fingerprint density at radius 2 is 1.91 bits per heavy atom. The first kappa shape index (κ1) is 25.3. The number of hydrogen-bond donors (Lipinski definition) is 2. The molecule has 0 aliphatic carbocycles. The van der Waals surface area contributed by atoms with Crippen LogP contribution in [0.4, 0.5) is 32.0 Å². The average molecular weight is 491 g/mol. The summed E-state index contributed by atoms with van der Waals surface area (Å²) in [6.45, 7) is -1.53. The van der Waals surface area contributed by atoms with Crippen LogP contribution in [0.25, 0.3) is 0 Å². The minimum Gasteiger partial charge on any atom is -0.434 e. The number of nitrogens with two attached hydrogens (primary N) is 1. The molecule has 0 bridgehead atoms. The summed E-state index contributed by atoms with van der Waals surface area (Å²) in [6, 6.07) is 4.76. The maximum absolute atomic E-state index is 13.9. The number of hydrogen-bond acceptors (Lipinski definition) is 5. The second-order valence-corrected chi connectivity index (χ2v) is 7.80. The molecule has 0 spiro atoms. The largest absolute Gasteiger partial charge is 0.434 e. The number of nitrogens with zero attached hydrogens (tertiary/aromatic N) is 1. The monoisotopic (exact) mass is 491 g/mol. The molecule has 7 nitrogen and oxygen atoms in total. The Hall–Kier alpha value is -3.35. The van der Waals surface area contributed by atoms with E-state index in [-0.39, 0.29) is 16.9 Å². The van der Waals surface area contributed by atoms with Gasteiger partial charge in [0.1, 0.15) is 23.4 Å². The number of rotatable bonds is 6. The third-order valence-electron chi connectivity index (χ3n) is 5.76. The Morgan fingerprint density at radius 3 is 2.50 bits per heavy atom. The van der Waals surface area contributed by atoms with Gasteiger partial charge in [0, 0.05) is 35.3 Å². The van der Waals surface area contributed by atoms with E-state index in [2.05, 4.69) is 15.0 Å². The van der Waals surface area contributed by atoms with E-state index in [0.717, 1.165) is 38.2 Å². The summed E-state index contributed by atoms with van der Waals surface area (Å²) < 4.78 is 90.9. The van der Waals surface area contributed by atoms with Gasteiger partial charge in [-0.3, -0.25) is 14.6 Å². The molecule has 1 aliphatic heterocycles. The van der Waals surface area contributed by atoms with Gasteiger partial charge in [0.05, 0.1) is 0 Å². The van der Waals surface area contributed by atoms with Gasteiger partial charge in [0.2, 0.25) is 0 Å². The molecular weight excluding hydrogens is 472 g/mol. The van der Waals surface area contributed by atoms with Crippen LogP contribution in [0.1, 0.15) is 35.8 Å². The molecule has 3 rings (SSSR count). The normalized spacial score (nSPS) is 24.8. The molecule has 34 heavy (non-hydrogen) atoms. The molecule has 1 fully saturated rings. The molecule has 13 heteroatoms. The van der Waals surface area contributed by atoms with Crippen molar-refractivity contribution in [3.8, 4) is 5.75 Å². The first-order chi connectivity index (χ1) is 15.7. The molecule has 1 saturated heterocycles. The standard InChI is InChI=1S/C21H19F6N3O4/c1-9-15(12-4-3-10(22)7-14(12)33-19(23)24)16(34-20(9,2)21(25,26)27)18(32)30-11-5-6-29-13(8-11)17(28)31/h3-9,15-16,19H,1-2H3,(H2,28,31)(H,29,30,32)/t9-,15+,16+,20-/m1/s1. The summed E-state index contributed by atoms with van der Waals surface area (Å²) in [5, 5.41) is 2.32. The molecule has 1 aromatic carbocycles. The Kier molecular flexibility index (Phi) is 6.78. The van der Waals surface area contributed by atoms with E-state index in [9.17, 15) is 35.9 Å². The lowest BCUT2D eigenvalue weighted by Gasteiger charge is -2.32. The van der Waals surface area contributed by atoms with Gasteiger partial charge in [-0.2, -0.15) is 22.0 Å². The molecule has 4 atom stereocenters. The van der Waals surface area contributed by atoms with Crippen LogP contribution >= 0.6 is 0 Å². The van der Waals surface area contributed by atoms with Crippen LogP contribution < -0.4 is 15.8 Å². The van der Waals surface area contributed by atoms with Gasteiger partial charge in [-0.1, -0.05) is 13.0 Å². The maximum Gasteiger partial charge on any atom is 0.417 e. The minimum absolute atomic E-state index is 0.0208. The summed E-state index contributed by atoms with van der Waals surface area (Å²) >= 11 is 0. The third-order valence-corrected chi connectivity index (χ3v) is 5.76. The van der Waals surface area contributed by atoms with Crippen molar-refractivity contribution in [2.45, 2.75) is 44.3 Å². The molecule has 2 heterocycles. The van der Waals surface area contributed by atoms with Crippen LogP contribution in [0.3, 0.4) is 0 Å². The van der Waals surface area contributed by atoms with Gasteiger partial charge in [-0.15, -0.1) is 0 Å². The van der Waals surface area contributed by atoms with Gasteiger partial charge in [0.25, 0.3) is 11.8 Å². The summed E-state index contributed by atoms with van der Waals surface area (Å²) in [5.74, 6) is -6.62. The SMILES string of the molecule is C[C@@H]1[C@@H](c2ccc(F)cc2OC(F)F)[C@@H](C(=O)Nc2ccnc(C(N)=O)c2)O[C@@]1(C)C(F)(F)F. The number of carbonyl (C=O) groups excluding carboxylic acids is 2. The zero-order valence-corrected chi connectivity index (χ0v) is 17.7. The van der Waals surface area contributed by atoms with E-state index in [1.54, 1.807) is 0 Å². The quantitative estimate of drug-likeness (QED) is 0.595. The number of alkyl halides is 5. The fraction of sp³-hybridized carbons (Fsp3) is 0.381. The van der Waals surface area contributed by atoms with E-state index in [4.69, 9.17) is 10.5 Å². The molecule has 0 radical (unpaired) electrons. The van der Waals surface area contributed by atoms with E-state index in [0.29, 0.717) is 6.07 Å². The highest BCUT2D eigenvalue weighted by molar-refractivity contribution is 5.97. The zero-order chi connectivity index (χ0) is 25.4. The van der Waals surface area contributed by atoms with Gasteiger partial charge >= 0.3 is 12.8 Å². The lowest BCUT2D eigenvalue weighted by molar-refractivity contribution is -0.272. The zero-order valence-electron chi connectivity index (χ0n) is 17.7. The molecule has 1 aromatic heterocycles. The van der Waals surface area contributed by atoms with Gasteiger partial charge in [-0.05, 0) is 25.1 Å². The molecule has 184 valence electrons. The topological polar surface area (TPSA) is 104 Å². The average Bonchev–Trinajstić information content (AvgIpc) is 3.00. The van der Waals surface area contributed by atoms with Crippen molar-refractivity contribution in [2.24, 2.45) is 11.7 Å². The van der Waals surface area contributed by atoms with Crippen LogP contribution in [0.15, 0.2) is 36.5 Å². The second-order valence-electron chi connectivity index (χ2n) is 7.80. The Balaban J connectivity index is 2.06. The van der Waals surface area contributed by atoms with Crippen molar-refractivity contribution in [2.75, 3.05) is 5.32 Å². The number of amides is 2. The molecular formula is C21H19F6N3O4. The molecule has 2 aromatic rings. The predicted molar refractivity (Wildman–Crippen MR) is 106 cm³/mol. The summed E-state index contributed by atoms with van der Waals surface area (Å²) in [5.41, 5.74) is 1.77. The number of primary amides is 1. The number of benzene rings is 1. The Labute approximate surface area is 189 Å². The molecule has 0 unspecified atom stereocenters. The van der Waals surface area contributed by atoms with E-state index >= 15 is 0 Å². The second kappa shape index (κ2) is 9.12. The number of carbonyl (C=O) groups is 2. The fourth-order valence-electron chi connectivity index (χ4n) is 3.86. The summed E-state index contributed by atoms with van der Waals surface area (Å²) in [7, 11) is 0. The number of halogens is 6. The Bertz CT molecular complexity index is 1100. The van der Waals surface area contributed by atoms with Crippen LogP contribution in [-0.2, 0) is 9.53 Å². The van der Waals surface area contributed by atoms with Crippen molar-refractivity contribution in [1.29, 1.82) is 0 Å². The van der Waals surface area contributed by atoms with Crippen LogP contribution in [0, 0.1) is 11.7 Å². The smallest absolute Gasteiger partial charge is 0.417 e. The van der Waals surface area contributed by atoms with Crippen molar-refractivity contribution in [3.05, 3.63) is 53.6 Å². The van der Waals surface area contributed by atoms with Gasteiger partial charge in [-0.25, -0.2) is 4.39 Å². The summed E-state index contributed by atoms with van der Waals surface area (Å²) in [4.78, 5) is 28.0. The van der Waals surface area contributed by atoms with Crippen LogP contribution in [0.5, 0.6) is 5.75 Å². The number of pyridine rings is 1. The maximum atomic E-state index is 13.9. The lowest BCUT2D eigenvalue weighted by atomic mass is 9.77. The highest BCUT2D eigenvalue weighted by Gasteiger charge is 2.65.